The van der Waals surface area contributed by atoms with Crippen LogP contribution in [0.5, 0.6) is 0 Å². The first-order chi connectivity index (χ1) is 6.77. The maximum absolute atomic E-state index is 7.31. The molecule has 0 aliphatic carbocycles. The van der Waals surface area contributed by atoms with Gasteiger partial charge in [-0.1, -0.05) is 0 Å². The Bertz CT molecular complexity index is 313. The molecular weight excluding hydrogens is 200 g/mol. The van der Waals surface area contributed by atoms with E-state index in [1.807, 2.05) is 5.38 Å². The summed E-state index contributed by atoms with van der Waals surface area (Å²) in [5.74, 6) is 0.0891. The number of nitrogens with zero attached hydrogens (tertiary/aromatic N) is 2. The van der Waals surface area contributed by atoms with Gasteiger partial charge in [-0.05, 0) is 0 Å². The molecule has 1 aromatic rings. The van der Waals surface area contributed by atoms with Gasteiger partial charge in [-0.3, -0.25) is 5.41 Å². The molecule has 3 N–H and O–H groups in total. The van der Waals surface area contributed by atoms with E-state index in [2.05, 4.69) is 9.88 Å². The smallest absolute Gasteiger partial charge is 0.185 e. The van der Waals surface area contributed by atoms with E-state index in [0.717, 1.165) is 11.7 Å². The van der Waals surface area contributed by atoms with Gasteiger partial charge in [0, 0.05) is 18.1 Å². The molecule has 1 aliphatic heterocycles. The molecular formula is C8H12N4OS. The van der Waals surface area contributed by atoms with Crippen molar-refractivity contribution in [2.75, 3.05) is 24.6 Å². The average Bonchev–Trinajstić information content (AvgIpc) is 2.71. The molecule has 76 valence electrons. The third-order valence-electron chi connectivity index (χ3n) is 2.10. The summed E-state index contributed by atoms with van der Waals surface area (Å²) < 4.78 is 5.35. The van der Waals surface area contributed by atoms with Crippen molar-refractivity contribution in [3.63, 3.8) is 0 Å². The van der Waals surface area contributed by atoms with Gasteiger partial charge in [0.05, 0.1) is 13.2 Å². The quantitative estimate of drug-likeness (QED) is 0.545. The number of hydrogen-bond donors (Lipinski definition) is 2. The highest BCUT2D eigenvalue weighted by molar-refractivity contribution is 7.13. The van der Waals surface area contributed by atoms with Gasteiger partial charge in [0.1, 0.15) is 11.9 Å². The number of ether oxygens (including phenoxy) is 1. The highest BCUT2D eigenvalue weighted by Gasteiger charge is 2.23. The number of amidine groups is 1. The minimum atomic E-state index is -0.285. The van der Waals surface area contributed by atoms with Crippen LogP contribution in [0.15, 0.2) is 11.6 Å². The maximum Gasteiger partial charge on any atom is 0.185 e. The van der Waals surface area contributed by atoms with Gasteiger partial charge in [0.2, 0.25) is 0 Å². The summed E-state index contributed by atoms with van der Waals surface area (Å²) in [5.41, 5.74) is 5.40. The monoisotopic (exact) mass is 212 g/mol. The highest BCUT2D eigenvalue weighted by atomic mass is 32.1. The van der Waals surface area contributed by atoms with Crippen LogP contribution in [0.4, 0.5) is 5.13 Å². The van der Waals surface area contributed by atoms with Crippen LogP contribution in [-0.2, 0) is 4.74 Å². The van der Waals surface area contributed by atoms with Crippen LogP contribution in [0.3, 0.4) is 0 Å². The summed E-state index contributed by atoms with van der Waals surface area (Å²) in [6, 6.07) is 0. The molecule has 1 atom stereocenters. The Morgan fingerprint density at radius 2 is 2.64 bits per heavy atom. The van der Waals surface area contributed by atoms with Gasteiger partial charge in [0.25, 0.3) is 0 Å². The highest BCUT2D eigenvalue weighted by Crippen LogP contribution is 2.19. The summed E-state index contributed by atoms with van der Waals surface area (Å²) in [7, 11) is 0. The van der Waals surface area contributed by atoms with Gasteiger partial charge >= 0.3 is 0 Å². The first-order valence-electron chi connectivity index (χ1n) is 4.37. The molecule has 1 unspecified atom stereocenters. The summed E-state index contributed by atoms with van der Waals surface area (Å²) in [5, 5.41) is 10.2. The van der Waals surface area contributed by atoms with Crippen LogP contribution in [-0.4, -0.2) is 36.6 Å². The minimum Gasteiger partial charge on any atom is -0.385 e. The van der Waals surface area contributed by atoms with Gasteiger partial charge in [-0.25, -0.2) is 4.98 Å². The van der Waals surface area contributed by atoms with E-state index < -0.39 is 0 Å². The lowest BCUT2D eigenvalue weighted by molar-refractivity contribution is 0.0826. The van der Waals surface area contributed by atoms with Gasteiger partial charge in [0.15, 0.2) is 5.13 Å². The van der Waals surface area contributed by atoms with Crippen molar-refractivity contribution in [1.82, 2.24) is 4.98 Å². The fraction of sp³-hybridized carbons (Fsp3) is 0.500. The predicted molar refractivity (Wildman–Crippen MR) is 56.0 cm³/mol. The topological polar surface area (TPSA) is 75.2 Å². The number of hydrogen-bond acceptors (Lipinski definition) is 5. The van der Waals surface area contributed by atoms with Crippen molar-refractivity contribution < 1.29 is 4.74 Å². The molecule has 0 spiro atoms. The number of nitrogens with one attached hydrogen (secondary N) is 1. The second kappa shape index (κ2) is 3.93. The van der Waals surface area contributed by atoms with Gasteiger partial charge in [-0.15, -0.1) is 11.3 Å². The molecule has 14 heavy (non-hydrogen) atoms. The second-order valence-electron chi connectivity index (χ2n) is 3.08. The molecule has 1 aromatic heterocycles. The van der Waals surface area contributed by atoms with E-state index in [-0.39, 0.29) is 11.9 Å². The van der Waals surface area contributed by atoms with Crippen molar-refractivity contribution >= 4 is 22.3 Å². The van der Waals surface area contributed by atoms with Crippen LogP contribution in [0.1, 0.15) is 0 Å². The molecule has 5 nitrogen and oxygen atoms in total. The Morgan fingerprint density at radius 1 is 1.79 bits per heavy atom. The van der Waals surface area contributed by atoms with E-state index >= 15 is 0 Å². The molecule has 2 rings (SSSR count). The zero-order valence-electron chi connectivity index (χ0n) is 7.64. The Hall–Kier alpha value is -1.14. The zero-order chi connectivity index (χ0) is 9.97. The van der Waals surface area contributed by atoms with Gasteiger partial charge < -0.3 is 15.4 Å². The summed E-state index contributed by atoms with van der Waals surface area (Å²) in [6.07, 6.45) is 1.49. The number of morpholine rings is 1. The van der Waals surface area contributed by atoms with Crippen LogP contribution < -0.4 is 10.6 Å². The second-order valence-corrected chi connectivity index (χ2v) is 3.95. The van der Waals surface area contributed by atoms with Crippen molar-refractivity contribution in [3.8, 4) is 0 Å². The summed E-state index contributed by atoms with van der Waals surface area (Å²) >= 11 is 1.59. The lowest BCUT2D eigenvalue weighted by Crippen LogP contribution is -2.48. The van der Waals surface area contributed by atoms with Crippen molar-refractivity contribution in [2.45, 2.75) is 6.10 Å². The average molecular weight is 212 g/mol. The van der Waals surface area contributed by atoms with E-state index in [4.69, 9.17) is 15.9 Å². The number of thiazole rings is 1. The lowest BCUT2D eigenvalue weighted by atomic mass is 10.2. The summed E-state index contributed by atoms with van der Waals surface area (Å²) in [4.78, 5) is 6.31. The lowest BCUT2D eigenvalue weighted by Gasteiger charge is -2.31. The fourth-order valence-corrected chi connectivity index (χ4v) is 2.06. The first-order valence-corrected chi connectivity index (χ1v) is 5.25. The number of rotatable bonds is 2. The third kappa shape index (κ3) is 1.85. The maximum atomic E-state index is 7.31. The third-order valence-corrected chi connectivity index (χ3v) is 2.94. The minimum absolute atomic E-state index is 0.0891. The van der Waals surface area contributed by atoms with Crippen LogP contribution in [0.2, 0.25) is 0 Å². The molecule has 0 radical (unpaired) electrons. The summed E-state index contributed by atoms with van der Waals surface area (Å²) in [6.45, 7) is 2.05. The predicted octanol–water partition coefficient (Wildman–Crippen LogP) is 0.284. The molecule has 1 saturated heterocycles. The van der Waals surface area contributed by atoms with Gasteiger partial charge in [-0.2, -0.15) is 0 Å². The molecule has 0 bridgehead atoms. The first kappa shape index (κ1) is 9.42. The van der Waals surface area contributed by atoms with E-state index in [1.165, 1.54) is 0 Å². The molecule has 6 heteroatoms. The molecule has 1 aliphatic rings. The Kier molecular flexibility index (Phi) is 2.64. The van der Waals surface area contributed by atoms with Crippen molar-refractivity contribution in [1.29, 1.82) is 5.41 Å². The number of aromatic nitrogens is 1. The normalized spacial score (nSPS) is 22.3. The zero-order valence-corrected chi connectivity index (χ0v) is 8.46. The molecule has 0 saturated carbocycles. The van der Waals surface area contributed by atoms with Crippen LogP contribution >= 0.6 is 11.3 Å². The Balaban J connectivity index is 2.04. The largest absolute Gasteiger partial charge is 0.385 e. The molecule has 2 heterocycles. The van der Waals surface area contributed by atoms with E-state index in [9.17, 15) is 0 Å². The molecule has 0 aromatic carbocycles. The van der Waals surface area contributed by atoms with E-state index in [1.54, 1.807) is 17.5 Å². The van der Waals surface area contributed by atoms with Crippen LogP contribution in [0, 0.1) is 5.41 Å². The Labute approximate surface area is 86.0 Å². The number of nitrogens with two attached hydrogens (primary N) is 1. The molecule has 1 fully saturated rings. The standard InChI is InChI=1S/C8H12N4OS/c9-7(10)6-5-12(2-3-13-6)8-11-1-4-14-8/h1,4,6H,2-3,5H2,(H3,9,10). The van der Waals surface area contributed by atoms with Crippen molar-refractivity contribution in [3.05, 3.63) is 11.6 Å². The SMILES string of the molecule is N=C(N)C1CN(c2nccs2)CCO1. The van der Waals surface area contributed by atoms with Crippen LogP contribution in [0.25, 0.3) is 0 Å². The Morgan fingerprint density at radius 3 is 3.29 bits per heavy atom. The number of anilines is 1. The van der Waals surface area contributed by atoms with E-state index in [0.29, 0.717) is 13.2 Å². The van der Waals surface area contributed by atoms with Crippen molar-refractivity contribution in [2.24, 2.45) is 5.73 Å². The fourth-order valence-electron chi connectivity index (χ4n) is 1.38. The molecule has 0 amide bonds.